The Labute approximate surface area is 220 Å². The van der Waals surface area contributed by atoms with Gasteiger partial charge in [-0.25, -0.2) is 0 Å². The molecule has 1 atom stereocenters. The standard InChI is InChI=1S/C5H10O.3C4H6N2.4C2H6.3CH4/c1-5-2-3-6-4-5;1-4-2-5-6-3-4;2*1-4-2-3-5-6-4;4*1-2;;;/h5H,2-4H2,1H3;3*2-3H,1H3,(H,5,6);4*1-2H3;3*1H4. The zero-order valence-electron chi connectivity index (χ0n) is 22.9. The van der Waals surface area contributed by atoms with Gasteiger partial charge >= 0.3 is 0 Å². The normalized spacial score (nSPS) is 11.1. The van der Waals surface area contributed by atoms with Gasteiger partial charge in [-0.2, -0.15) is 15.3 Å². The van der Waals surface area contributed by atoms with Crippen LogP contribution < -0.4 is 0 Å². The van der Waals surface area contributed by atoms with Crippen molar-refractivity contribution in [3.8, 4) is 0 Å². The molecule has 1 saturated heterocycles. The summed E-state index contributed by atoms with van der Waals surface area (Å²) in [4.78, 5) is 0. The lowest BCUT2D eigenvalue weighted by molar-refractivity contribution is 0.188. The molecule has 0 amide bonds. The van der Waals surface area contributed by atoms with Crippen LogP contribution in [-0.2, 0) is 4.74 Å². The zero-order chi connectivity index (χ0) is 25.6. The molecule has 0 radical (unpaired) electrons. The first-order chi connectivity index (χ1) is 15.6. The molecule has 0 spiro atoms. The first-order valence-corrected chi connectivity index (χ1v) is 12.0. The van der Waals surface area contributed by atoms with Crippen LogP contribution in [0, 0.1) is 26.7 Å². The van der Waals surface area contributed by atoms with E-state index in [4.69, 9.17) is 4.74 Å². The van der Waals surface area contributed by atoms with Crippen molar-refractivity contribution in [3.63, 3.8) is 0 Å². The predicted molar refractivity (Wildman–Crippen MR) is 160 cm³/mol. The number of nitrogens with zero attached hydrogens (tertiary/aromatic N) is 3. The van der Waals surface area contributed by atoms with E-state index in [-0.39, 0.29) is 22.3 Å². The predicted octanol–water partition coefficient (Wildman–Crippen LogP) is 9.21. The minimum absolute atomic E-state index is 0. The highest BCUT2D eigenvalue weighted by Crippen LogP contribution is 2.09. The largest absolute Gasteiger partial charge is 0.381 e. The Kier molecular flexibility index (Phi) is 64.1. The van der Waals surface area contributed by atoms with E-state index >= 15 is 0 Å². The number of aryl methyl sites for hydroxylation is 3. The molecule has 0 aliphatic carbocycles. The summed E-state index contributed by atoms with van der Waals surface area (Å²) in [5.41, 5.74) is 3.39. The van der Waals surface area contributed by atoms with E-state index < -0.39 is 0 Å². The van der Waals surface area contributed by atoms with E-state index in [0.717, 1.165) is 30.5 Å². The molecule has 0 bridgehead atoms. The minimum atomic E-state index is 0. The number of nitrogens with one attached hydrogen (secondary N) is 3. The lowest BCUT2D eigenvalue weighted by Crippen LogP contribution is -1.88. The highest BCUT2D eigenvalue weighted by atomic mass is 16.5. The summed E-state index contributed by atoms with van der Waals surface area (Å²) in [5, 5.41) is 19.3. The topological polar surface area (TPSA) is 95.3 Å². The quantitative estimate of drug-likeness (QED) is 0.286. The molecular weight excluding hydrogens is 436 g/mol. The van der Waals surface area contributed by atoms with Crippen molar-refractivity contribution in [2.24, 2.45) is 5.92 Å². The summed E-state index contributed by atoms with van der Waals surface area (Å²) in [7, 11) is 0. The molecule has 4 heterocycles. The first-order valence-electron chi connectivity index (χ1n) is 12.0. The van der Waals surface area contributed by atoms with Gasteiger partial charge in [0.15, 0.2) is 0 Å². The highest BCUT2D eigenvalue weighted by molar-refractivity contribution is 4.96. The van der Waals surface area contributed by atoms with Crippen LogP contribution in [0.1, 0.15) is 108 Å². The summed E-state index contributed by atoms with van der Waals surface area (Å²) in [6.07, 6.45) is 8.35. The molecular formula is C28H64N6O. The average molecular weight is 501 g/mol. The molecule has 3 aromatic heterocycles. The van der Waals surface area contributed by atoms with Gasteiger partial charge in [0.25, 0.3) is 0 Å². The smallest absolute Gasteiger partial charge is 0.0516 e. The first kappa shape index (κ1) is 49.7. The summed E-state index contributed by atoms with van der Waals surface area (Å²) in [5.74, 6) is 0.824. The fraction of sp³-hybridized carbons (Fsp3) is 0.679. The second kappa shape index (κ2) is 45.1. The molecule has 0 aromatic carbocycles. The third-order valence-corrected chi connectivity index (χ3v) is 3.07. The molecule has 3 aromatic rings. The fourth-order valence-corrected chi connectivity index (χ4v) is 1.62. The summed E-state index contributed by atoms with van der Waals surface area (Å²) in [6, 6.07) is 3.83. The lowest BCUT2D eigenvalue weighted by Gasteiger charge is -1.89. The Bertz CT molecular complexity index is 511. The number of aromatic amines is 3. The van der Waals surface area contributed by atoms with Crippen molar-refractivity contribution >= 4 is 0 Å². The van der Waals surface area contributed by atoms with Crippen molar-refractivity contribution in [2.45, 2.75) is 112 Å². The van der Waals surface area contributed by atoms with Crippen LogP contribution in [-0.4, -0.2) is 43.8 Å². The maximum atomic E-state index is 5.06. The second-order valence-corrected chi connectivity index (χ2v) is 5.72. The van der Waals surface area contributed by atoms with E-state index in [0.29, 0.717) is 0 Å². The molecule has 1 unspecified atom stereocenters. The van der Waals surface area contributed by atoms with Crippen LogP contribution in [0.4, 0.5) is 0 Å². The van der Waals surface area contributed by atoms with Crippen molar-refractivity contribution in [1.29, 1.82) is 0 Å². The van der Waals surface area contributed by atoms with Crippen LogP contribution in [0.25, 0.3) is 0 Å². The van der Waals surface area contributed by atoms with Crippen LogP contribution >= 0.6 is 0 Å². The Balaban J connectivity index is -0.0000000531. The monoisotopic (exact) mass is 501 g/mol. The van der Waals surface area contributed by atoms with Gasteiger partial charge in [-0.05, 0) is 50.8 Å². The van der Waals surface area contributed by atoms with Crippen molar-refractivity contribution in [1.82, 2.24) is 30.6 Å². The third-order valence-electron chi connectivity index (χ3n) is 3.07. The van der Waals surface area contributed by atoms with Crippen LogP contribution in [0.15, 0.2) is 36.9 Å². The molecule has 4 rings (SSSR count). The number of aromatic nitrogens is 6. The van der Waals surface area contributed by atoms with Crippen LogP contribution in [0.3, 0.4) is 0 Å². The number of hydrogen-bond donors (Lipinski definition) is 3. The number of rotatable bonds is 0. The van der Waals surface area contributed by atoms with Crippen molar-refractivity contribution in [2.75, 3.05) is 13.2 Å². The molecule has 1 aliphatic rings. The van der Waals surface area contributed by atoms with E-state index in [1.54, 1.807) is 18.6 Å². The SMILES string of the molecule is C.C.C.CC.CC.CC.CC.CC1CCOC1.Cc1ccn[nH]1.Cc1ccn[nH]1.Cc1cn[nH]c1. The Hall–Kier alpha value is -2.41. The number of ether oxygens (including phenoxy) is 1. The van der Waals surface area contributed by atoms with Gasteiger partial charge < -0.3 is 4.74 Å². The summed E-state index contributed by atoms with van der Waals surface area (Å²) in [6.45, 7) is 26.1. The van der Waals surface area contributed by atoms with Gasteiger partial charge in [0.1, 0.15) is 0 Å². The van der Waals surface area contributed by atoms with Gasteiger partial charge in [0, 0.05) is 43.2 Å². The molecule has 1 fully saturated rings. The summed E-state index contributed by atoms with van der Waals surface area (Å²) < 4.78 is 5.06. The third kappa shape index (κ3) is 42.2. The van der Waals surface area contributed by atoms with Gasteiger partial charge in [-0.1, -0.05) is 84.6 Å². The molecule has 212 valence electrons. The van der Waals surface area contributed by atoms with Crippen molar-refractivity contribution in [3.05, 3.63) is 53.9 Å². The van der Waals surface area contributed by atoms with E-state index in [1.165, 1.54) is 12.0 Å². The molecule has 1 aliphatic heterocycles. The highest BCUT2D eigenvalue weighted by Gasteiger charge is 2.07. The molecule has 0 saturated carbocycles. The zero-order valence-corrected chi connectivity index (χ0v) is 22.9. The molecule has 7 nitrogen and oxygen atoms in total. The van der Waals surface area contributed by atoms with E-state index in [1.807, 2.05) is 94.5 Å². The second-order valence-electron chi connectivity index (χ2n) is 5.72. The lowest BCUT2D eigenvalue weighted by atomic mass is 10.2. The Morgan fingerprint density at radius 2 is 1.17 bits per heavy atom. The van der Waals surface area contributed by atoms with E-state index in [2.05, 4.69) is 37.5 Å². The van der Waals surface area contributed by atoms with Gasteiger partial charge in [-0.3, -0.25) is 15.3 Å². The molecule has 35 heavy (non-hydrogen) atoms. The summed E-state index contributed by atoms with van der Waals surface area (Å²) >= 11 is 0. The van der Waals surface area contributed by atoms with E-state index in [9.17, 15) is 0 Å². The number of H-pyrrole nitrogens is 3. The van der Waals surface area contributed by atoms with Gasteiger partial charge in [0.2, 0.25) is 0 Å². The van der Waals surface area contributed by atoms with Crippen molar-refractivity contribution < 1.29 is 4.74 Å². The molecule has 7 heteroatoms. The maximum absolute atomic E-state index is 5.06. The Morgan fingerprint density at radius 3 is 1.26 bits per heavy atom. The van der Waals surface area contributed by atoms with Crippen LogP contribution in [0.2, 0.25) is 0 Å². The van der Waals surface area contributed by atoms with Crippen LogP contribution in [0.5, 0.6) is 0 Å². The average Bonchev–Trinajstić information content (AvgIpc) is 3.67. The minimum Gasteiger partial charge on any atom is -0.381 e. The number of hydrogen-bond acceptors (Lipinski definition) is 4. The maximum Gasteiger partial charge on any atom is 0.0516 e. The molecule has 3 N–H and O–H groups in total. The fourth-order valence-electron chi connectivity index (χ4n) is 1.62. The van der Waals surface area contributed by atoms with Gasteiger partial charge in [0.05, 0.1) is 6.20 Å². The Morgan fingerprint density at radius 1 is 0.743 bits per heavy atom. The van der Waals surface area contributed by atoms with Gasteiger partial charge in [-0.15, -0.1) is 0 Å².